The number of ether oxygens (including phenoxy) is 1. The van der Waals surface area contributed by atoms with Gasteiger partial charge in [0.25, 0.3) is 0 Å². The number of carbonyl (C=O) groups is 1. The molecule has 1 N–H and O–H groups in total. The topological polar surface area (TPSA) is 69.5 Å². The Kier molecular flexibility index (Phi) is 4.65. The van der Waals surface area contributed by atoms with E-state index in [0.717, 1.165) is 17.7 Å². The van der Waals surface area contributed by atoms with Gasteiger partial charge in [-0.2, -0.15) is 4.99 Å². The molecule has 150 valence electrons. The summed E-state index contributed by atoms with van der Waals surface area (Å²) in [5, 5.41) is 3.17. The highest BCUT2D eigenvalue weighted by atomic mass is 19.2. The Labute approximate surface area is 166 Å². The number of hydrogen-bond donors (Lipinski definition) is 1. The Bertz CT molecular complexity index is 1050. The van der Waals surface area contributed by atoms with Crippen LogP contribution in [0.3, 0.4) is 0 Å². The summed E-state index contributed by atoms with van der Waals surface area (Å²) < 4.78 is 32.5. The number of hydrogen-bond acceptors (Lipinski definition) is 5. The number of carbonyl (C=O) groups excluding carboxylic acids is 1. The highest BCUT2D eigenvalue weighted by Crippen LogP contribution is 2.32. The van der Waals surface area contributed by atoms with E-state index in [9.17, 15) is 13.6 Å². The van der Waals surface area contributed by atoms with Crippen LogP contribution in [0.15, 0.2) is 46.4 Å². The van der Waals surface area contributed by atoms with Crippen LogP contribution in [0.2, 0.25) is 0 Å². The average Bonchev–Trinajstić information content (AvgIpc) is 3.15. The van der Waals surface area contributed by atoms with Crippen molar-refractivity contribution in [3.8, 4) is 5.75 Å². The molecule has 2 heterocycles. The fraction of sp³-hybridized carbons (Fsp3) is 0.250. The summed E-state index contributed by atoms with van der Waals surface area (Å²) in [5.41, 5.74) is 2.15. The molecule has 2 amide bonds. The monoisotopic (exact) mass is 399 g/mol. The molecule has 0 aromatic heterocycles. The molecule has 0 radical (unpaired) electrons. The van der Waals surface area contributed by atoms with Gasteiger partial charge in [-0.3, -0.25) is 9.80 Å². The highest BCUT2D eigenvalue weighted by molar-refractivity contribution is 6.17. The molecular formula is C20H19F2N5O2. The number of urea groups is 1. The standard InChI is InChI=1S/C20H19F2N5O2/c1-11-4-6-13(29-3)9-16(11)24-18-25-20(28)26(2)19-23-10-17(27(18)19)12-5-7-14(21)15(22)8-12/h4-9,17H,10H2,1-3H3,(H,24,25,28). The van der Waals surface area contributed by atoms with E-state index in [1.54, 1.807) is 25.1 Å². The molecule has 7 nitrogen and oxygen atoms in total. The number of halogens is 2. The van der Waals surface area contributed by atoms with Crippen LogP contribution in [0.5, 0.6) is 5.75 Å². The molecule has 2 aromatic carbocycles. The zero-order valence-electron chi connectivity index (χ0n) is 16.1. The van der Waals surface area contributed by atoms with Crippen LogP contribution in [0.4, 0.5) is 19.3 Å². The van der Waals surface area contributed by atoms with Crippen molar-refractivity contribution in [3.05, 3.63) is 59.2 Å². The maximum atomic E-state index is 13.8. The minimum Gasteiger partial charge on any atom is -0.497 e. The summed E-state index contributed by atoms with van der Waals surface area (Å²) in [7, 11) is 3.13. The molecule has 2 aliphatic heterocycles. The van der Waals surface area contributed by atoms with E-state index in [0.29, 0.717) is 23.0 Å². The van der Waals surface area contributed by atoms with Crippen molar-refractivity contribution in [1.29, 1.82) is 0 Å². The van der Waals surface area contributed by atoms with Gasteiger partial charge in [-0.05, 0) is 36.2 Å². The third kappa shape index (κ3) is 3.28. The van der Waals surface area contributed by atoms with Gasteiger partial charge >= 0.3 is 6.03 Å². The first-order valence-electron chi connectivity index (χ1n) is 8.95. The fourth-order valence-electron chi connectivity index (χ4n) is 3.33. The number of methoxy groups -OCH3 is 1. The van der Waals surface area contributed by atoms with E-state index < -0.39 is 23.7 Å². The van der Waals surface area contributed by atoms with Gasteiger partial charge in [-0.25, -0.2) is 18.6 Å². The Hall–Kier alpha value is -3.49. The van der Waals surface area contributed by atoms with Gasteiger partial charge in [0.15, 0.2) is 11.6 Å². The van der Waals surface area contributed by atoms with Gasteiger partial charge in [0.1, 0.15) is 5.75 Å². The van der Waals surface area contributed by atoms with Crippen LogP contribution in [-0.2, 0) is 0 Å². The Morgan fingerprint density at radius 3 is 2.69 bits per heavy atom. The maximum absolute atomic E-state index is 13.8. The lowest BCUT2D eigenvalue weighted by Gasteiger charge is -2.35. The summed E-state index contributed by atoms with van der Waals surface area (Å²) in [6, 6.07) is 8.31. The second-order valence-corrected chi connectivity index (χ2v) is 6.78. The molecule has 2 aliphatic rings. The predicted molar refractivity (Wildman–Crippen MR) is 105 cm³/mol. The summed E-state index contributed by atoms with van der Waals surface area (Å²) in [4.78, 5) is 24.0. The predicted octanol–water partition coefficient (Wildman–Crippen LogP) is 3.53. The van der Waals surface area contributed by atoms with Gasteiger partial charge in [0.2, 0.25) is 11.9 Å². The van der Waals surface area contributed by atoms with Crippen molar-refractivity contribution in [2.75, 3.05) is 26.0 Å². The molecule has 0 spiro atoms. The average molecular weight is 399 g/mol. The molecule has 0 saturated carbocycles. The van der Waals surface area contributed by atoms with Crippen molar-refractivity contribution >= 4 is 23.6 Å². The first-order valence-corrected chi connectivity index (χ1v) is 8.95. The van der Waals surface area contributed by atoms with Crippen LogP contribution in [0, 0.1) is 18.6 Å². The van der Waals surface area contributed by atoms with Gasteiger partial charge in [0.05, 0.1) is 19.7 Å². The van der Waals surface area contributed by atoms with Crippen LogP contribution in [0.25, 0.3) is 0 Å². The molecular weight excluding hydrogens is 380 g/mol. The summed E-state index contributed by atoms with van der Waals surface area (Å²) in [6.45, 7) is 2.18. The van der Waals surface area contributed by atoms with E-state index in [-0.39, 0.29) is 12.5 Å². The van der Waals surface area contributed by atoms with Crippen LogP contribution in [-0.4, -0.2) is 48.5 Å². The molecule has 9 heteroatoms. The molecule has 1 atom stereocenters. The molecule has 4 rings (SSSR count). The summed E-state index contributed by atoms with van der Waals surface area (Å²) in [5.74, 6) is -0.561. The third-order valence-corrected chi connectivity index (χ3v) is 4.97. The second-order valence-electron chi connectivity index (χ2n) is 6.78. The normalized spacial score (nSPS) is 18.4. The number of rotatable bonds is 3. The van der Waals surface area contributed by atoms with Crippen LogP contribution < -0.4 is 10.1 Å². The lowest BCUT2D eigenvalue weighted by Crippen LogP contribution is -2.53. The number of guanidine groups is 2. The third-order valence-electron chi connectivity index (χ3n) is 4.97. The van der Waals surface area contributed by atoms with Crippen LogP contribution in [0.1, 0.15) is 17.2 Å². The molecule has 1 unspecified atom stereocenters. The van der Waals surface area contributed by atoms with E-state index in [4.69, 9.17) is 4.74 Å². The zero-order chi connectivity index (χ0) is 20.7. The van der Waals surface area contributed by atoms with Crippen molar-refractivity contribution in [2.45, 2.75) is 13.0 Å². The van der Waals surface area contributed by atoms with Crippen molar-refractivity contribution in [3.63, 3.8) is 0 Å². The quantitative estimate of drug-likeness (QED) is 0.857. The number of nitrogens with zero attached hydrogens (tertiary/aromatic N) is 4. The Morgan fingerprint density at radius 1 is 1.17 bits per heavy atom. The molecule has 0 aliphatic carbocycles. The van der Waals surface area contributed by atoms with Crippen LogP contribution >= 0.6 is 0 Å². The Balaban J connectivity index is 1.74. The summed E-state index contributed by atoms with van der Waals surface area (Å²) in [6.07, 6.45) is 0. The number of benzene rings is 2. The van der Waals surface area contributed by atoms with Gasteiger partial charge in [-0.15, -0.1) is 0 Å². The minimum atomic E-state index is -0.938. The first-order chi connectivity index (χ1) is 13.9. The summed E-state index contributed by atoms with van der Waals surface area (Å²) >= 11 is 0. The molecule has 0 bridgehead atoms. The number of anilines is 1. The molecule has 2 aromatic rings. The SMILES string of the molecule is COc1ccc(C)c(NC2=NC(=O)N(C)C3=NCC(c4ccc(F)c(F)c4)N23)c1. The van der Waals surface area contributed by atoms with E-state index in [1.165, 1.54) is 11.0 Å². The van der Waals surface area contributed by atoms with E-state index >= 15 is 0 Å². The largest absolute Gasteiger partial charge is 0.497 e. The lowest BCUT2D eigenvalue weighted by atomic mass is 10.1. The van der Waals surface area contributed by atoms with Crippen molar-refractivity contribution in [2.24, 2.45) is 9.98 Å². The fourth-order valence-corrected chi connectivity index (χ4v) is 3.33. The molecule has 0 saturated heterocycles. The van der Waals surface area contributed by atoms with E-state index in [1.807, 2.05) is 19.1 Å². The zero-order valence-corrected chi connectivity index (χ0v) is 16.1. The number of fused-ring (bicyclic) bond motifs is 1. The first kappa shape index (κ1) is 18.9. The van der Waals surface area contributed by atoms with Crippen molar-refractivity contribution in [1.82, 2.24) is 9.80 Å². The maximum Gasteiger partial charge on any atom is 0.353 e. The minimum absolute atomic E-state index is 0.260. The number of amides is 2. The number of aryl methyl sites for hydroxylation is 1. The lowest BCUT2D eigenvalue weighted by molar-refractivity contribution is 0.230. The van der Waals surface area contributed by atoms with Gasteiger partial charge in [-0.1, -0.05) is 12.1 Å². The van der Waals surface area contributed by atoms with E-state index in [2.05, 4.69) is 15.3 Å². The van der Waals surface area contributed by atoms with Crippen molar-refractivity contribution < 1.29 is 18.3 Å². The molecule has 0 fully saturated rings. The molecule has 29 heavy (non-hydrogen) atoms. The van der Waals surface area contributed by atoms with Gasteiger partial charge < -0.3 is 10.1 Å². The second kappa shape index (κ2) is 7.16. The smallest absolute Gasteiger partial charge is 0.353 e. The number of aliphatic imine (C=N–C) groups is 2. The highest BCUT2D eigenvalue weighted by Gasteiger charge is 2.40. The Morgan fingerprint density at radius 2 is 1.97 bits per heavy atom. The van der Waals surface area contributed by atoms with Gasteiger partial charge in [0, 0.05) is 18.8 Å². The number of nitrogens with one attached hydrogen (secondary N) is 1.